The fourth-order valence-electron chi connectivity index (χ4n) is 2.43. The Balaban J connectivity index is 2.21. The molecule has 2 rings (SSSR count). The SMILES string of the molecule is CCc1cc(C(=O)N(CCOC)C2CCSC2)cc(Cl)n1. The van der Waals surface area contributed by atoms with E-state index in [9.17, 15) is 4.79 Å². The fraction of sp³-hybridized carbons (Fsp3) is 0.600. The molecule has 1 fully saturated rings. The van der Waals surface area contributed by atoms with Crippen molar-refractivity contribution in [3.05, 3.63) is 28.5 Å². The van der Waals surface area contributed by atoms with Gasteiger partial charge in [0.15, 0.2) is 0 Å². The number of carbonyl (C=O) groups excluding carboxylic acids is 1. The largest absolute Gasteiger partial charge is 0.383 e. The number of hydrogen-bond donors (Lipinski definition) is 0. The summed E-state index contributed by atoms with van der Waals surface area (Å²) in [4.78, 5) is 19.0. The van der Waals surface area contributed by atoms with Crippen LogP contribution < -0.4 is 0 Å². The average Bonchev–Trinajstić information content (AvgIpc) is 3.00. The van der Waals surface area contributed by atoms with Crippen LogP contribution in [0, 0.1) is 0 Å². The first-order valence-electron chi connectivity index (χ1n) is 7.19. The van der Waals surface area contributed by atoms with Gasteiger partial charge in [-0.05, 0) is 30.7 Å². The molecule has 1 aromatic rings. The van der Waals surface area contributed by atoms with Crippen LogP contribution in [-0.2, 0) is 11.2 Å². The number of thioether (sulfide) groups is 1. The summed E-state index contributed by atoms with van der Waals surface area (Å²) in [6.45, 7) is 3.16. The van der Waals surface area contributed by atoms with Crippen LogP contribution >= 0.6 is 23.4 Å². The van der Waals surface area contributed by atoms with Gasteiger partial charge in [-0.3, -0.25) is 4.79 Å². The number of methoxy groups -OCH3 is 1. The van der Waals surface area contributed by atoms with Crippen LogP contribution in [0.2, 0.25) is 5.15 Å². The highest BCUT2D eigenvalue weighted by Gasteiger charge is 2.28. The zero-order valence-electron chi connectivity index (χ0n) is 12.5. The van der Waals surface area contributed by atoms with Gasteiger partial charge in [0.25, 0.3) is 5.91 Å². The van der Waals surface area contributed by atoms with E-state index < -0.39 is 0 Å². The Morgan fingerprint density at radius 1 is 1.57 bits per heavy atom. The monoisotopic (exact) mass is 328 g/mol. The molecule has 0 N–H and O–H groups in total. The van der Waals surface area contributed by atoms with Gasteiger partial charge < -0.3 is 9.64 Å². The van der Waals surface area contributed by atoms with Crippen molar-refractivity contribution in [1.82, 2.24) is 9.88 Å². The summed E-state index contributed by atoms with van der Waals surface area (Å²) in [6.07, 6.45) is 1.80. The number of aromatic nitrogens is 1. The number of aryl methyl sites for hydroxylation is 1. The van der Waals surface area contributed by atoms with E-state index >= 15 is 0 Å². The lowest BCUT2D eigenvalue weighted by Gasteiger charge is -2.28. The molecular formula is C15H21ClN2O2S. The molecule has 21 heavy (non-hydrogen) atoms. The molecule has 1 unspecified atom stereocenters. The molecule has 0 aliphatic carbocycles. The minimum absolute atomic E-state index is 0.0264. The van der Waals surface area contributed by atoms with E-state index in [4.69, 9.17) is 16.3 Å². The number of pyridine rings is 1. The standard InChI is InChI=1S/C15H21ClN2O2S/c1-3-12-8-11(9-14(16)17-12)15(19)18(5-6-20-2)13-4-7-21-10-13/h8-9,13H,3-7,10H2,1-2H3. The summed E-state index contributed by atoms with van der Waals surface area (Å²) in [6, 6.07) is 3.79. The number of nitrogens with zero attached hydrogens (tertiary/aromatic N) is 2. The highest BCUT2D eigenvalue weighted by Crippen LogP contribution is 2.24. The van der Waals surface area contributed by atoms with Gasteiger partial charge in [0.2, 0.25) is 0 Å². The predicted molar refractivity (Wildman–Crippen MR) is 87.3 cm³/mol. The Morgan fingerprint density at radius 2 is 2.38 bits per heavy atom. The lowest BCUT2D eigenvalue weighted by Crippen LogP contribution is -2.42. The lowest BCUT2D eigenvalue weighted by atomic mass is 10.1. The molecule has 1 atom stereocenters. The predicted octanol–water partition coefficient (Wildman–Crippen LogP) is 2.89. The van der Waals surface area contributed by atoms with Crippen LogP contribution in [-0.4, -0.2) is 53.6 Å². The topological polar surface area (TPSA) is 42.4 Å². The minimum Gasteiger partial charge on any atom is -0.383 e. The molecule has 1 aliphatic rings. The van der Waals surface area contributed by atoms with E-state index in [-0.39, 0.29) is 11.9 Å². The number of halogens is 1. The third-order valence-electron chi connectivity index (χ3n) is 3.60. The minimum atomic E-state index is 0.0264. The zero-order chi connectivity index (χ0) is 15.2. The number of rotatable bonds is 6. The molecular weight excluding hydrogens is 308 g/mol. The highest BCUT2D eigenvalue weighted by atomic mass is 35.5. The van der Waals surface area contributed by atoms with E-state index in [2.05, 4.69) is 4.98 Å². The Bertz CT molecular complexity index is 493. The Kier molecular flexibility index (Phi) is 6.33. The first kappa shape index (κ1) is 16.6. The maximum atomic E-state index is 12.8. The summed E-state index contributed by atoms with van der Waals surface area (Å²) in [5, 5.41) is 0.380. The Hall–Kier alpha value is -0.780. The van der Waals surface area contributed by atoms with Crippen molar-refractivity contribution in [3.63, 3.8) is 0 Å². The molecule has 2 heterocycles. The first-order valence-corrected chi connectivity index (χ1v) is 8.73. The molecule has 6 heteroatoms. The maximum Gasteiger partial charge on any atom is 0.254 e. The van der Waals surface area contributed by atoms with Gasteiger partial charge in [-0.1, -0.05) is 18.5 Å². The Morgan fingerprint density at radius 3 is 3.00 bits per heavy atom. The summed E-state index contributed by atoms with van der Waals surface area (Å²) in [7, 11) is 1.66. The van der Waals surface area contributed by atoms with Crippen LogP contribution in [0.4, 0.5) is 0 Å². The van der Waals surface area contributed by atoms with E-state index in [0.29, 0.717) is 23.9 Å². The van der Waals surface area contributed by atoms with Gasteiger partial charge in [-0.15, -0.1) is 0 Å². The summed E-state index contributed by atoms with van der Waals surface area (Å²) >= 11 is 7.93. The quantitative estimate of drug-likeness (QED) is 0.753. The lowest BCUT2D eigenvalue weighted by molar-refractivity contribution is 0.0624. The third kappa shape index (κ3) is 4.34. The molecule has 1 aromatic heterocycles. The van der Waals surface area contributed by atoms with Crippen LogP contribution in [0.25, 0.3) is 0 Å². The molecule has 1 saturated heterocycles. The summed E-state index contributed by atoms with van der Waals surface area (Å²) in [5.41, 5.74) is 1.47. The van der Waals surface area contributed by atoms with Gasteiger partial charge in [-0.2, -0.15) is 11.8 Å². The van der Waals surface area contributed by atoms with Crippen molar-refractivity contribution in [2.45, 2.75) is 25.8 Å². The van der Waals surface area contributed by atoms with Crippen molar-refractivity contribution in [2.24, 2.45) is 0 Å². The van der Waals surface area contributed by atoms with Crippen LogP contribution in [0.5, 0.6) is 0 Å². The van der Waals surface area contributed by atoms with Crippen LogP contribution in [0.15, 0.2) is 12.1 Å². The van der Waals surface area contributed by atoms with Gasteiger partial charge in [-0.25, -0.2) is 4.98 Å². The van der Waals surface area contributed by atoms with Crippen molar-refractivity contribution < 1.29 is 9.53 Å². The van der Waals surface area contributed by atoms with Gasteiger partial charge >= 0.3 is 0 Å². The van der Waals surface area contributed by atoms with E-state index in [1.807, 2.05) is 29.7 Å². The summed E-state index contributed by atoms with van der Waals surface area (Å²) in [5.74, 6) is 2.13. The van der Waals surface area contributed by atoms with Crippen molar-refractivity contribution >= 4 is 29.3 Å². The maximum absolute atomic E-state index is 12.8. The molecule has 0 radical (unpaired) electrons. The molecule has 4 nitrogen and oxygen atoms in total. The second kappa shape index (κ2) is 8.01. The van der Waals surface area contributed by atoms with E-state index in [1.54, 1.807) is 13.2 Å². The molecule has 116 valence electrons. The normalized spacial score (nSPS) is 18.0. The number of ether oxygens (including phenoxy) is 1. The number of hydrogen-bond acceptors (Lipinski definition) is 4. The van der Waals surface area contributed by atoms with Gasteiger partial charge in [0.05, 0.1) is 6.61 Å². The first-order chi connectivity index (χ1) is 10.2. The second-order valence-electron chi connectivity index (χ2n) is 5.03. The van der Waals surface area contributed by atoms with Crippen molar-refractivity contribution in [2.75, 3.05) is 31.8 Å². The highest BCUT2D eigenvalue weighted by molar-refractivity contribution is 7.99. The van der Waals surface area contributed by atoms with Crippen molar-refractivity contribution in [1.29, 1.82) is 0 Å². The Labute approximate surface area is 135 Å². The molecule has 0 spiro atoms. The molecule has 1 amide bonds. The second-order valence-corrected chi connectivity index (χ2v) is 6.57. The zero-order valence-corrected chi connectivity index (χ0v) is 14.0. The third-order valence-corrected chi connectivity index (χ3v) is 4.94. The van der Waals surface area contributed by atoms with Crippen LogP contribution in [0.1, 0.15) is 29.4 Å². The molecule has 1 aliphatic heterocycles. The molecule has 0 aromatic carbocycles. The fourth-order valence-corrected chi connectivity index (χ4v) is 3.88. The van der Waals surface area contributed by atoms with Gasteiger partial charge in [0.1, 0.15) is 5.15 Å². The summed E-state index contributed by atoms with van der Waals surface area (Å²) < 4.78 is 5.15. The number of carbonyl (C=O) groups is 1. The smallest absolute Gasteiger partial charge is 0.254 e. The molecule has 0 saturated carbocycles. The van der Waals surface area contributed by atoms with Crippen LogP contribution in [0.3, 0.4) is 0 Å². The average molecular weight is 329 g/mol. The van der Waals surface area contributed by atoms with E-state index in [1.165, 1.54) is 0 Å². The van der Waals surface area contributed by atoms with E-state index in [0.717, 1.165) is 30.0 Å². The van der Waals surface area contributed by atoms with Gasteiger partial charge in [0, 0.05) is 36.7 Å². The molecule has 0 bridgehead atoms. The van der Waals surface area contributed by atoms with Crippen molar-refractivity contribution in [3.8, 4) is 0 Å². The number of amides is 1.